The van der Waals surface area contributed by atoms with Crippen molar-refractivity contribution in [3.05, 3.63) is 24.3 Å². The summed E-state index contributed by atoms with van der Waals surface area (Å²) < 4.78 is 26.6. The minimum Gasteiger partial charge on any atom is -0.497 e. The van der Waals surface area contributed by atoms with Gasteiger partial charge in [-0.05, 0) is 12.1 Å². The van der Waals surface area contributed by atoms with Crippen molar-refractivity contribution < 1.29 is 13.2 Å². The number of anilines is 1. The van der Waals surface area contributed by atoms with Gasteiger partial charge in [-0.15, -0.1) is 0 Å². The predicted molar refractivity (Wildman–Crippen MR) is 57.6 cm³/mol. The van der Waals surface area contributed by atoms with E-state index in [4.69, 9.17) is 15.7 Å². The first kappa shape index (κ1) is 11.8. The number of hydrazine groups is 1. The Labute approximate surface area is 88.4 Å². The number of hydrogen-bond donors (Lipinski definition) is 2. The molecule has 0 aromatic heterocycles. The molecule has 1 rings (SSSR count). The maximum Gasteiger partial charge on any atom is 0.228 e. The van der Waals surface area contributed by atoms with Crippen LogP contribution in [0, 0.1) is 0 Å². The van der Waals surface area contributed by atoms with Gasteiger partial charge in [0.05, 0.1) is 12.8 Å². The van der Waals surface area contributed by atoms with Gasteiger partial charge in [0.2, 0.25) is 10.0 Å². The predicted octanol–water partition coefficient (Wildman–Crippen LogP) is -0.379. The first-order chi connectivity index (χ1) is 6.92. The monoisotopic (exact) mass is 231 g/mol. The number of ether oxygens (including phenoxy) is 1. The SMILES string of the molecule is COc1cccc(N(N)CS(N)(=O)=O)c1. The summed E-state index contributed by atoms with van der Waals surface area (Å²) >= 11 is 0. The van der Waals surface area contributed by atoms with Gasteiger partial charge in [0.1, 0.15) is 11.6 Å². The average Bonchev–Trinajstić information content (AvgIpc) is 2.15. The number of nitrogens with two attached hydrogens (primary N) is 2. The second-order valence-electron chi connectivity index (χ2n) is 2.96. The summed E-state index contributed by atoms with van der Waals surface area (Å²) in [4.78, 5) is 0. The zero-order valence-electron chi connectivity index (χ0n) is 8.25. The van der Waals surface area contributed by atoms with Gasteiger partial charge in [-0.1, -0.05) is 6.07 Å². The van der Waals surface area contributed by atoms with E-state index in [1.807, 2.05) is 0 Å². The molecule has 1 aromatic carbocycles. The summed E-state index contributed by atoms with van der Waals surface area (Å²) in [7, 11) is -2.12. The third-order valence-corrected chi connectivity index (χ3v) is 2.34. The molecule has 0 aliphatic carbocycles. The molecule has 84 valence electrons. The molecule has 0 heterocycles. The standard InChI is InChI=1S/C8H13N3O3S/c1-14-8-4-2-3-7(5-8)11(9)6-15(10,12)13/h2-5H,6,9H2,1H3,(H2,10,12,13). The van der Waals surface area contributed by atoms with Gasteiger partial charge in [0.15, 0.2) is 0 Å². The van der Waals surface area contributed by atoms with E-state index in [9.17, 15) is 8.42 Å². The van der Waals surface area contributed by atoms with Crippen LogP contribution in [0.2, 0.25) is 0 Å². The highest BCUT2D eigenvalue weighted by atomic mass is 32.2. The number of nitrogens with zero attached hydrogens (tertiary/aromatic N) is 1. The van der Waals surface area contributed by atoms with E-state index in [2.05, 4.69) is 0 Å². The molecule has 1 aromatic rings. The van der Waals surface area contributed by atoms with Crippen LogP contribution in [0.25, 0.3) is 0 Å². The molecule has 0 radical (unpaired) electrons. The quantitative estimate of drug-likeness (QED) is 0.543. The number of sulfonamides is 1. The van der Waals surface area contributed by atoms with E-state index in [0.29, 0.717) is 11.4 Å². The van der Waals surface area contributed by atoms with E-state index < -0.39 is 15.9 Å². The summed E-state index contributed by atoms with van der Waals surface area (Å²) in [6, 6.07) is 6.71. The van der Waals surface area contributed by atoms with Crippen molar-refractivity contribution in [2.75, 3.05) is 18.0 Å². The molecular formula is C8H13N3O3S. The molecule has 0 aliphatic heterocycles. The number of hydrogen-bond acceptors (Lipinski definition) is 5. The normalized spacial score (nSPS) is 11.1. The summed E-state index contributed by atoms with van der Waals surface area (Å²) in [5, 5.41) is 5.90. The Bertz CT molecular complexity index is 433. The van der Waals surface area contributed by atoms with E-state index in [-0.39, 0.29) is 0 Å². The Kier molecular flexibility index (Phi) is 3.51. The molecule has 0 saturated carbocycles. The van der Waals surface area contributed by atoms with Crippen molar-refractivity contribution in [1.29, 1.82) is 0 Å². The van der Waals surface area contributed by atoms with Gasteiger partial charge in [0.25, 0.3) is 0 Å². The van der Waals surface area contributed by atoms with Crippen molar-refractivity contribution in [2.45, 2.75) is 0 Å². The van der Waals surface area contributed by atoms with Gasteiger partial charge >= 0.3 is 0 Å². The van der Waals surface area contributed by atoms with Crippen molar-refractivity contribution in [1.82, 2.24) is 0 Å². The Morgan fingerprint density at radius 1 is 1.47 bits per heavy atom. The molecule has 15 heavy (non-hydrogen) atoms. The molecule has 0 aliphatic rings. The van der Waals surface area contributed by atoms with Crippen molar-refractivity contribution in [3.63, 3.8) is 0 Å². The second kappa shape index (κ2) is 4.47. The van der Waals surface area contributed by atoms with Gasteiger partial charge in [-0.3, -0.25) is 5.01 Å². The van der Waals surface area contributed by atoms with Crippen LogP contribution in [0.15, 0.2) is 24.3 Å². The Hall–Kier alpha value is -1.31. The minimum atomic E-state index is -3.63. The molecule has 6 nitrogen and oxygen atoms in total. The molecule has 0 fully saturated rings. The Morgan fingerprint density at radius 2 is 2.13 bits per heavy atom. The topological polar surface area (TPSA) is 98.7 Å². The summed E-state index contributed by atoms with van der Waals surface area (Å²) in [6.07, 6.45) is 0. The summed E-state index contributed by atoms with van der Waals surface area (Å²) in [6.45, 7) is 0. The van der Waals surface area contributed by atoms with E-state index in [1.165, 1.54) is 7.11 Å². The van der Waals surface area contributed by atoms with E-state index >= 15 is 0 Å². The van der Waals surface area contributed by atoms with Crippen LogP contribution in [0.1, 0.15) is 0 Å². The molecule has 0 amide bonds. The molecule has 0 spiro atoms. The maximum absolute atomic E-state index is 10.8. The highest BCUT2D eigenvalue weighted by Gasteiger charge is 2.09. The molecule has 0 saturated heterocycles. The molecule has 7 heteroatoms. The van der Waals surface area contributed by atoms with Crippen molar-refractivity contribution in [2.24, 2.45) is 11.0 Å². The van der Waals surface area contributed by atoms with Gasteiger partial charge in [-0.25, -0.2) is 19.4 Å². The zero-order valence-corrected chi connectivity index (χ0v) is 9.07. The van der Waals surface area contributed by atoms with Gasteiger partial charge in [-0.2, -0.15) is 0 Å². The number of primary sulfonamides is 1. The van der Waals surface area contributed by atoms with Crippen molar-refractivity contribution in [3.8, 4) is 5.75 Å². The average molecular weight is 231 g/mol. The van der Waals surface area contributed by atoms with Gasteiger partial charge < -0.3 is 4.74 Å². The Balaban J connectivity index is 2.86. The fourth-order valence-corrected chi connectivity index (χ4v) is 1.59. The van der Waals surface area contributed by atoms with E-state index in [0.717, 1.165) is 5.01 Å². The number of benzene rings is 1. The van der Waals surface area contributed by atoms with Crippen LogP contribution in [0.4, 0.5) is 5.69 Å². The van der Waals surface area contributed by atoms with E-state index in [1.54, 1.807) is 24.3 Å². The molecule has 4 N–H and O–H groups in total. The van der Waals surface area contributed by atoms with Crippen LogP contribution in [0.5, 0.6) is 5.75 Å². The van der Waals surface area contributed by atoms with Crippen LogP contribution in [-0.4, -0.2) is 21.4 Å². The fraction of sp³-hybridized carbons (Fsp3) is 0.250. The third-order valence-electron chi connectivity index (χ3n) is 1.70. The summed E-state index contributed by atoms with van der Waals surface area (Å²) in [5.74, 6) is 5.67. The lowest BCUT2D eigenvalue weighted by Crippen LogP contribution is -2.38. The summed E-state index contributed by atoms with van der Waals surface area (Å²) in [5.41, 5.74) is 0.517. The number of methoxy groups -OCH3 is 1. The first-order valence-electron chi connectivity index (χ1n) is 4.09. The zero-order chi connectivity index (χ0) is 11.5. The second-order valence-corrected chi connectivity index (χ2v) is 4.55. The highest BCUT2D eigenvalue weighted by molar-refractivity contribution is 7.89. The van der Waals surface area contributed by atoms with Gasteiger partial charge in [0, 0.05) is 6.07 Å². The molecular weight excluding hydrogens is 218 g/mol. The molecule has 0 unspecified atom stereocenters. The highest BCUT2D eigenvalue weighted by Crippen LogP contribution is 2.18. The maximum atomic E-state index is 10.8. The lowest BCUT2D eigenvalue weighted by atomic mass is 10.3. The lowest BCUT2D eigenvalue weighted by Gasteiger charge is -2.17. The number of rotatable bonds is 4. The van der Waals surface area contributed by atoms with Crippen LogP contribution < -0.4 is 20.7 Å². The molecule has 0 bridgehead atoms. The lowest BCUT2D eigenvalue weighted by molar-refractivity contribution is 0.415. The largest absolute Gasteiger partial charge is 0.497 e. The van der Waals surface area contributed by atoms with Crippen molar-refractivity contribution >= 4 is 15.7 Å². The first-order valence-corrected chi connectivity index (χ1v) is 5.80. The smallest absolute Gasteiger partial charge is 0.228 e. The minimum absolute atomic E-state index is 0.444. The van der Waals surface area contributed by atoms with Crippen LogP contribution in [-0.2, 0) is 10.0 Å². The Morgan fingerprint density at radius 3 is 2.67 bits per heavy atom. The van der Waals surface area contributed by atoms with Crippen LogP contribution >= 0.6 is 0 Å². The fourth-order valence-electron chi connectivity index (χ4n) is 1.06. The van der Waals surface area contributed by atoms with Crippen LogP contribution in [0.3, 0.4) is 0 Å². The third kappa shape index (κ3) is 3.74. The molecule has 0 atom stereocenters.